The summed E-state index contributed by atoms with van der Waals surface area (Å²) in [4.78, 5) is 15.2. The lowest BCUT2D eigenvalue weighted by atomic mass is 10.0. The van der Waals surface area contributed by atoms with Gasteiger partial charge in [0.05, 0.1) is 13.0 Å². The predicted molar refractivity (Wildman–Crippen MR) is 104 cm³/mol. The van der Waals surface area contributed by atoms with Gasteiger partial charge in [-0.15, -0.1) is 0 Å². The molecule has 1 N–H and O–H groups in total. The van der Waals surface area contributed by atoms with Gasteiger partial charge in [-0.1, -0.05) is 48.5 Å². The number of hydrogen-bond donors (Lipinski definition) is 1. The van der Waals surface area contributed by atoms with Crippen molar-refractivity contribution in [3.05, 3.63) is 65.7 Å². The molecule has 2 aromatic carbocycles. The van der Waals surface area contributed by atoms with Gasteiger partial charge >= 0.3 is 0 Å². The molecule has 1 fully saturated rings. The molecule has 4 heteroatoms. The molecule has 138 valence electrons. The van der Waals surface area contributed by atoms with Crippen LogP contribution in [-0.2, 0) is 17.8 Å². The average molecular weight is 352 g/mol. The van der Waals surface area contributed by atoms with Gasteiger partial charge in [0.2, 0.25) is 5.91 Å². The maximum absolute atomic E-state index is 13.2. The number of ether oxygens (including phenoxy) is 1. The largest absolute Gasteiger partial charge is 0.496 e. The SMILES string of the molecule is COc1ccccc1CC(C)N(Cc1ccccc1)C(=O)C1CCNC1. The Labute approximate surface area is 156 Å². The van der Waals surface area contributed by atoms with E-state index in [4.69, 9.17) is 4.74 Å². The second-order valence-corrected chi connectivity index (χ2v) is 7.01. The highest BCUT2D eigenvalue weighted by Crippen LogP contribution is 2.23. The maximum Gasteiger partial charge on any atom is 0.227 e. The molecule has 1 amide bonds. The van der Waals surface area contributed by atoms with Crippen molar-refractivity contribution >= 4 is 5.91 Å². The van der Waals surface area contributed by atoms with Gasteiger partial charge in [-0.3, -0.25) is 4.79 Å². The van der Waals surface area contributed by atoms with Crippen molar-refractivity contribution in [2.24, 2.45) is 5.92 Å². The smallest absolute Gasteiger partial charge is 0.227 e. The number of nitrogens with zero attached hydrogens (tertiary/aromatic N) is 1. The standard InChI is InChI=1S/C22H28N2O2/c1-17(14-19-10-6-7-11-21(19)26-2)24(16-18-8-4-3-5-9-18)22(25)20-12-13-23-15-20/h3-11,17,20,23H,12-16H2,1-2H3. The van der Waals surface area contributed by atoms with Crippen LogP contribution in [-0.4, -0.2) is 37.0 Å². The third-order valence-corrected chi connectivity index (χ3v) is 5.13. The van der Waals surface area contributed by atoms with Crippen LogP contribution in [0.15, 0.2) is 54.6 Å². The van der Waals surface area contributed by atoms with Gasteiger partial charge in [0.25, 0.3) is 0 Å². The Morgan fingerprint density at radius 1 is 1.19 bits per heavy atom. The summed E-state index contributed by atoms with van der Waals surface area (Å²) in [6, 6.07) is 18.4. The van der Waals surface area contributed by atoms with E-state index in [1.165, 1.54) is 5.56 Å². The monoisotopic (exact) mass is 352 g/mol. The lowest BCUT2D eigenvalue weighted by Crippen LogP contribution is -2.43. The van der Waals surface area contributed by atoms with Gasteiger partial charge in [-0.05, 0) is 43.5 Å². The molecule has 1 heterocycles. The van der Waals surface area contributed by atoms with Crippen LogP contribution < -0.4 is 10.1 Å². The average Bonchev–Trinajstić information content (AvgIpc) is 3.21. The predicted octanol–water partition coefficient (Wildman–Crippen LogP) is 3.26. The van der Waals surface area contributed by atoms with E-state index in [-0.39, 0.29) is 17.9 Å². The van der Waals surface area contributed by atoms with Crippen LogP contribution >= 0.6 is 0 Å². The Hall–Kier alpha value is -2.33. The van der Waals surface area contributed by atoms with Gasteiger partial charge in [0.1, 0.15) is 5.75 Å². The molecule has 4 nitrogen and oxygen atoms in total. The van der Waals surface area contributed by atoms with E-state index in [0.717, 1.165) is 37.2 Å². The Bertz CT molecular complexity index is 711. The summed E-state index contributed by atoms with van der Waals surface area (Å²) in [7, 11) is 1.70. The van der Waals surface area contributed by atoms with Crippen molar-refractivity contribution in [1.82, 2.24) is 10.2 Å². The molecule has 26 heavy (non-hydrogen) atoms. The molecular weight excluding hydrogens is 324 g/mol. The summed E-state index contributed by atoms with van der Waals surface area (Å²) in [6.45, 7) is 4.49. The second-order valence-electron chi connectivity index (χ2n) is 7.01. The zero-order valence-corrected chi connectivity index (χ0v) is 15.7. The van der Waals surface area contributed by atoms with Gasteiger partial charge in [0, 0.05) is 19.1 Å². The molecule has 1 saturated heterocycles. The van der Waals surface area contributed by atoms with Crippen LogP contribution in [0.3, 0.4) is 0 Å². The first-order chi connectivity index (χ1) is 12.7. The third-order valence-electron chi connectivity index (χ3n) is 5.13. The Morgan fingerprint density at radius 3 is 2.62 bits per heavy atom. The summed E-state index contributed by atoms with van der Waals surface area (Å²) in [5, 5.41) is 3.31. The molecule has 0 aliphatic carbocycles. The number of amides is 1. The normalized spacial score (nSPS) is 17.7. The molecule has 3 rings (SSSR count). The van der Waals surface area contributed by atoms with E-state index in [2.05, 4.69) is 30.4 Å². The first kappa shape index (κ1) is 18.5. The molecule has 0 aromatic heterocycles. The van der Waals surface area contributed by atoms with Crippen molar-refractivity contribution in [3.63, 3.8) is 0 Å². The second kappa shape index (κ2) is 8.86. The molecule has 1 aliphatic heterocycles. The number of carbonyl (C=O) groups excluding carboxylic acids is 1. The van der Waals surface area contributed by atoms with Gasteiger partial charge in [0.15, 0.2) is 0 Å². The van der Waals surface area contributed by atoms with Crippen LogP contribution in [0.2, 0.25) is 0 Å². The molecule has 0 radical (unpaired) electrons. The Morgan fingerprint density at radius 2 is 1.92 bits per heavy atom. The van der Waals surface area contributed by atoms with Gasteiger partial charge in [-0.2, -0.15) is 0 Å². The summed E-state index contributed by atoms with van der Waals surface area (Å²) in [5.41, 5.74) is 2.30. The van der Waals surface area contributed by atoms with Crippen LogP contribution in [0.5, 0.6) is 5.75 Å². The number of rotatable bonds is 7. The summed E-state index contributed by atoms with van der Waals surface area (Å²) in [5.74, 6) is 1.22. The molecule has 2 aromatic rings. The minimum Gasteiger partial charge on any atom is -0.496 e. The van der Waals surface area contributed by atoms with E-state index in [1.54, 1.807) is 7.11 Å². The highest BCUT2D eigenvalue weighted by atomic mass is 16.5. The molecule has 0 bridgehead atoms. The van der Waals surface area contributed by atoms with Crippen molar-refractivity contribution < 1.29 is 9.53 Å². The van der Waals surface area contributed by atoms with Crippen LogP contribution in [0.25, 0.3) is 0 Å². The molecule has 1 aliphatic rings. The number of methoxy groups -OCH3 is 1. The zero-order valence-electron chi connectivity index (χ0n) is 15.7. The summed E-state index contributed by atoms with van der Waals surface area (Å²) in [6.07, 6.45) is 1.70. The third kappa shape index (κ3) is 4.44. The summed E-state index contributed by atoms with van der Waals surface area (Å²) >= 11 is 0. The minimum atomic E-state index is 0.0823. The van der Waals surface area contributed by atoms with E-state index in [0.29, 0.717) is 6.54 Å². The van der Waals surface area contributed by atoms with Gasteiger partial charge in [-0.25, -0.2) is 0 Å². The van der Waals surface area contributed by atoms with E-state index >= 15 is 0 Å². The first-order valence-electron chi connectivity index (χ1n) is 9.36. The fourth-order valence-corrected chi connectivity index (χ4v) is 3.63. The van der Waals surface area contributed by atoms with Crippen molar-refractivity contribution in [2.75, 3.05) is 20.2 Å². The Kier molecular flexibility index (Phi) is 6.29. The number of para-hydroxylation sites is 1. The number of carbonyl (C=O) groups is 1. The van der Waals surface area contributed by atoms with Crippen molar-refractivity contribution in [1.29, 1.82) is 0 Å². The topological polar surface area (TPSA) is 41.6 Å². The number of benzene rings is 2. The van der Waals surface area contributed by atoms with E-state index in [9.17, 15) is 4.79 Å². The maximum atomic E-state index is 13.2. The molecule has 0 saturated carbocycles. The minimum absolute atomic E-state index is 0.0823. The zero-order chi connectivity index (χ0) is 18.4. The Balaban J connectivity index is 1.80. The van der Waals surface area contributed by atoms with Crippen LogP contribution in [0.4, 0.5) is 0 Å². The van der Waals surface area contributed by atoms with Gasteiger partial charge < -0.3 is 15.0 Å². The van der Waals surface area contributed by atoms with E-state index < -0.39 is 0 Å². The van der Waals surface area contributed by atoms with Crippen LogP contribution in [0.1, 0.15) is 24.5 Å². The quantitative estimate of drug-likeness (QED) is 0.832. The van der Waals surface area contributed by atoms with Crippen molar-refractivity contribution in [2.45, 2.75) is 32.4 Å². The van der Waals surface area contributed by atoms with E-state index in [1.807, 2.05) is 41.3 Å². The lowest BCUT2D eigenvalue weighted by Gasteiger charge is -2.32. The first-order valence-corrected chi connectivity index (χ1v) is 9.36. The number of hydrogen-bond acceptors (Lipinski definition) is 3. The van der Waals surface area contributed by atoms with Crippen molar-refractivity contribution in [3.8, 4) is 5.75 Å². The highest BCUT2D eigenvalue weighted by molar-refractivity contribution is 5.79. The highest BCUT2D eigenvalue weighted by Gasteiger charge is 2.30. The molecule has 2 atom stereocenters. The number of nitrogens with one attached hydrogen (secondary N) is 1. The molecule has 2 unspecified atom stereocenters. The molecule has 0 spiro atoms. The lowest BCUT2D eigenvalue weighted by molar-refractivity contribution is -0.137. The summed E-state index contributed by atoms with van der Waals surface area (Å²) < 4.78 is 5.49. The fourth-order valence-electron chi connectivity index (χ4n) is 3.63. The van der Waals surface area contributed by atoms with Crippen LogP contribution in [0, 0.1) is 5.92 Å². The molecular formula is C22H28N2O2. The fraction of sp³-hybridized carbons (Fsp3) is 0.409.